The van der Waals surface area contributed by atoms with Crippen molar-refractivity contribution in [3.05, 3.63) is 48.4 Å². The molecule has 0 aromatic heterocycles. The highest BCUT2D eigenvalue weighted by atomic mass is 35.5. The van der Waals surface area contributed by atoms with Gasteiger partial charge in [-0.3, -0.25) is 4.99 Å². The fourth-order valence-electron chi connectivity index (χ4n) is 0.671. The summed E-state index contributed by atoms with van der Waals surface area (Å²) in [5, 5.41) is 0. The Hall–Kier alpha value is -1.28. The normalized spacial score (nSPS) is 11.8. The number of allylic oxidation sites excluding steroid dienone is 7. The molecule has 0 saturated heterocycles. The minimum Gasteiger partial charge on any atom is -0.403 e. The summed E-state index contributed by atoms with van der Waals surface area (Å²) >= 11 is 5.21. The average molecular weight is 271 g/mol. The molecule has 0 aromatic carbocycles. The number of rotatable bonds is 5. The molecule has 0 aliphatic rings. The zero-order chi connectivity index (χ0) is 14.6. The Kier molecular flexibility index (Phi) is 30.2. The highest BCUT2D eigenvalue weighted by Gasteiger charge is 1.73. The van der Waals surface area contributed by atoms with Crippen LogP contribution in [0.15, 0.2) is 53.3 Å². The third kappa shape index (κ3) is 29.3. The molecule has 0 saturated carbocycles. The largest absolute Gasteiger partial charge is 0.403 e. The van der Waals surface area contributed by atoms with Crippen LogP contribution in [-0.4, -0.2) is 5.67 Å². The molecule has 0 unspecified atom stereocenters. The fraction of sp³-hybridized carbons (Fsp3) is 0.400. The van der Waals surface area contributed by atoms with Crippen LogP contribution in [0.1, 0.15) is 41.0 Å². The lowest BCUT2D eigenvalue weighted by atomic mass is 10.3. The van der Waals surface area contributed by atoms with Crippen LogP contribution in [0.3, 0.4) is 0 Å². The standard InChI is InChI=1S/C11H15ClN2.2C2H6/c1-11(13)8-6-4-2-3-5-7-9-14-10-12;2*1-2/h2-5,7-10H,6,13H2,1H3;2*1-2H3/b4-2?,5-3-,9-7+,11-8+,14-10?;;. The van der Waals surface area contributed by atoms with Crippen molar-refractivity contribution in [2.24, 2.45) is 10.7 Å². The molecule has 0 heterocycles. The summed E-state index contributed by atoms with van der Waals surface area (Å²) in [6.45, 7) is 9.87. The van der Waals surface area contributed by atoms with E-state index in [0.29, 0.717) is 0 Å². The van der Waals surface area contributed by atoms with E-state index in [-0.39, 0.29) is 0 Å². The Balaban J connectivity index is -0.000000506. The van der Waals surface area contributed by atoms with Gasteiger partial charge in [-0.25, -0.2) is 0 Å². The van der Waals surface area contributed by atoms with Gasteiger partial charge in [0.2, 0.25) is 0 Å². The van der Waals surface area contributed by atoms with Crippen LogP contribution in [0.25, 0.3) is 0 Å². The van der Waals surface area contributed by atoms with Crippen molar-refractivity contribution in [3.63, 3.8) is 0 Å². The number of nitrogens with two attached hydrogens (primary N) is 1. The maximum atomic E-state index is 5.46. The predicted octanol–water partition coefficient (Wildman–Crippen LogP) is 5.18. The van der Waals surface area contributed by atoms with E-state index in [2.05, 4.69) is 4.99 Å². The molecule has 0 spiro atoms. The Bertz CT molecular complexity index is 270. The van der Waals surface area contributed by atoms with Gasteiger partial charge in [-0.2, -0.15) is 0 Å². The van der Waals surface area contributed by atoms with E-state index in [4.69, 9.17) is 17.3 Å². The Morgan fingerprint density at radius 2 is 1.61 bits per heavy atom. The molecule has 18 heavy (non-hydrogen) atoms. The lowest BCUT2D eigenvalue weighted by Crippen LogP contribution is -1.88. The first-order valence-corrected chi connectivity index (χ1v) is 6.73. The van der Waals surface area contributed by atoms with Gasteiger partial charge in [-0.05, 0) is 19.4 Å². The fourth-order valence-corrected chi connectivity index (χ4v) is 0.736. The summed E-state index contributed by atoms with van der Waals surface area (Å²) in [6, 6.07) is 0. The Morgan fingerprint density at radius 3 is 2.11 bits per heavy atom. The summed E-state index contributed by atoms with van der Waals surface area (Å²) in [5.41, 5.74) is 7.52. The number of halogens is 1. The van der Waals surface area contributed by atoms with Gasteiger partial charge in [0.15, 0.2) is 0 Å². The molecule has 2 N–H and O–H groups in total. The minimum atomic E-state index is 0.843. The molecule has 2 nitrogen and oxygen atoms in total. The first-order valence-electron chi connectivity index (χ1n) is 6.30. The molecular weight excluding hydrogens is 244 g/mol. The quantitative estimate of drug-likeness (QED) is 0.542. The smallest absolute Gasteiger partial charge is 0.0926 e. The third-order valence-electron chi connectivity index (χ3n) is 1.27. The van der Waals surface area contributed by atoms with Crippen molar-refractivity contribution in [2.75, 3.05) is 0 Å². The van der Waals surface area contributed by atoms with Crippen molar-refractivity contribution >= 4 is 17.3 Å². The first kappa shape index (κ1) is 21.9. The monoisotopic (exact) mass is 270 g/mol. The van der Waals surface area contributed by atoms with Crippen LogP contribution in [0, 0.1) is 0 Å². The van der Waals surface area contributed by atoms with Crippen LogP contribution in [0.4, 0.5) is 0 Å². The van der Waals surface area contributed by atoms with Crippen molar-refractivity contribution in [3.8, 4) is 0 Å². The Labute approximate surface area is 118 Å². The molecular formula is C15H27ClN2. The molecule has 0 aliphatic heterocycles. The summed E-state index contributed by atoms with van der Waals surface area (Å²) in [7, 11) is 0. The molecule has 0 radical (unpaired) electrons. The zero-order valence-corrected chi connectivity index (χ0v) is 13.0. The van der Waals surface area contributed by atoms with Gasteiger partial charge in [0.1, 0.15) is 0 Å². The molecule has 0 bridgehead atoms. The molecule has 0 amide bonds. The lowest BCUT2D eigenvalue weighted by molar-refractivity contribution is 1.24. The molecule has 0 aromatic rings. The van der Waals surface area contributed by atoms with Crippen LogP contribution < -0.4 is 5.73 Å². The van der Waals surface area contributed by atoms with Crippen LogP contribution in [0.2, 0.25) is 0 Å². The number of hydrogen-bond acceptors (Lipinski definition) is 2. The maximum absolute atomic E-state index is 5.46. The van der Waals surface area contributed by atoms with Crippen molar-refractivity contribution in [1.82, 2.24) is 0 Å². The van der Waals surface area contributed by atoms with Gasteiger partial charge in [-0.15, -0.1) is 0 Å². The predicted molar refractivity (Wildman–Crippen MR) is 87.0 cm³/mol. The van der Waals surface area contributed by atoms with Crippen molar-refractivity contribution < 1.29 is 0 Å². The summed E-state index contributed by atoms with van der Waals surface area (Å²) in [4.78, 5) is 3.69. The van der Waals surface area contributed by atoms with Gasteiger partial charge in [-0.1, -0.05) is 69.7 Å². The van der Waals surface area contributed by atoms with Crippen LogP contribution >= 0.6 is 11.6 Å². The second-order valence-corrected chi connectivity index (χ2v) is 2.78. The summed E-state index contributed by atoms with van der Waals surface area (Å²) in [5.74, 6) is 0. The minimum absolute atomic E-state index is 0.843. The molecule has 0 fully saturated rings. The van der Waals surface area contributed by atoms with Crippen LogP contribution in [-0.2, 0) is 0 Å². The number of nitrogens with zero attached hydrogens (tertiary/aromatic N) is 1. The summed E-state index contributed by atoms with van der Waals surface area (Å²) in [6.07, 6.45) is 14.0. The van der Waals surface area contributed by atoms with E-state index in [9.17, 15) is 0 Å². The van der Waals surface area contributed by atoms with Gasteiger partial charge in [0.25, 0.3) is 0 Å². The second kappa shape index (κ2) is 24.8. The van der Waals surface area contributed by atoms with E-state index in [1.165, 1.54) is 5.67 Å². The summed E-state index contributed by atoms with van der Waals surface area (Å²) < 4.78 is 0. The molecule has 104 valence electrons. The van der Waals surface area contributed by atoms with Gasteiger partial charge < -0.3 is 5.73 Å². The Morgan fingerprint density at radius 1 is 1.06 bits per heavy atom. The zero-order valence-electron chi connectivity index (χ0n) is 12.2. The first-order chi connectivity index (χ1) is 8.77. The lowest BCUT2D eigenvalue weighted by Gasteiger charge is -1.84. The SMILES string of the molecule is C/C(N)=C\CC=C/C=C\C=C\N=CCl.CC.CC. The van der Waals surface area contributed by atoms with Crippen molar-refractivity contribution in [1.29, 1.82) is 0 Å². The number of hydrogen-bond donors (Lipinski definition) is 1. The average Bonchev–Trinajstić information content (AvgIpc) is 2.41. The van der Waals surface area contributed by atoms with Gasteiger partial charge in [0.05, 0.1) is 5.67 Å². The van der Waals surface area contributed by atoms with Crippen molar-refractivity contribution in [2.45, 2.75) is 41.0 Å². The highest BCUT2D eigenvalue weighted by molar-refractivity contribution is 6.56. The van der Waals surface area contributed by atoms with Gasteiger partial charge in [0, 0.05) is 11.9 Å². The topological polar surface area (TPSA) is 38.4 Å². The molecule has 0 rings (SSSR count). The van der Waals surface area contributed by atoms with E-state index in [1.54, 1.807) is 12.3 Å². The van der Waals surface area contributed by atoms with E-state index in [0.717, 1.165) is 12.1 Å². The molecule has 3 heteroatoms. The van der Waals surface area contributed by atoms with E-state index < -0.39 is 0 Å². The molecule has 0 atom stereocenters. The highest BCUT2D eigenvalue weighted by Crippen LogP contribution is 1.90. The van der Waals surface area contributed by atoms with Crippen LogP contribution in [0.5, 0.6) is 0 Å². The van der Waals surface area contributed by atoms with Gasteiger partial charge >= 0.3 is 0 Å². The third-order valence-corrected chi connectivity index (χ3v) is 1.39. The maximum Gasteiger partial charge on any atom is 0.0926 e. The number of aliphatic imine (C=N–C) groups is 1. The van der Waals surface area contributed by atoms with E-state index in [1.807, 2.05) is 65.0 Å². The second-order valence-electron chi connectivity index (χ2n) is 2.59. The van der Waals surface area contributed by atoms with E-state index >= 15 is 0 Å². The molecule has 0 aliphatic carbocycles.